The summed E-state index contributed by atoms with van der Waals surface area (Å²) in [7, 11) is 0. The Hall–Kier alpha value is -1.52. The van der Waals surface area contributed by atoms with Gasteiger partial charge in [-0.3, -0.25) is 4.79 Å². The minimum absolute atomic E-state index is 0.249. The maximum atomic E-state index is 12.0. The first-order valence-electron chi connectivity index (χ1n) is 7.43. The largest absolute Gasteiger partial charge is 0.464 e. The highest BCUT2D eigenvalue weighted by Crippen LogP contribution is 2.21. The maximum absolute atomic E-state index is 12.0. The van der Waals surface area contributed by atoms with Gasteiger partial charge in [-0.25, -0.2) is 4.79 Å². The number of halogens is 2. The molecule has 4 nitrogen and oxygen atoms in total. The predicted octanol–water partition coefficient (Wildman–Crippen LogP) is 4.10. The average molecular weight is 358 g/mol. The number of hydrogen-bond acceptors (Lipinski definition) is 3. The summed E-state index contributed by atoms with van der Waals surface area (Å²) in [6, 6.07) is 4.34. The molecule has 1 amide bonds. The van der Waals surface area contributed by atoms with E-state index in [-0.39, 0.29) is 18.4 Å². The van der Waals surface area contributed by atoms with Crippen molar-refractivity contribution in [1.29, 1.82) is 0 Å². The van der Waals surface area contributed by atoms with Crippen LogP contribution in [0, 0.1) is 5.92 Å². The number of carbonyl (C=O) groups is 2. The summed E-state index contributed by atoms with van der Waals surface area (Å²) in [4.78, 5) is 23.9. The molecule has 1 aromatic rings. The molecule has 1 atom stereocenters. The van der Waals surface area contributed by atoms with E-state index in [0.29, 0.717) is 22.0 Å². The van der Waals surface area contributed by atoms with Gasteiger partial charge in [0, 0.05) is 16.1 Å². The molecule has 0 aliphatic heterocycles. The van der Waals surface area contributed by atoms with Crippen molar-refractivity contribution in [2.45, 2.75) is 33.2 Å². The highest BCUT2D eigenvalue weighted by Gasteiger charge is 2.22. The number of benzene rings is 1. The first-order chi connectivity index (χ1) is 10.8. The molecular formula is C17H21Cl2NO3. The SMILES string of the molecule is CCOC(=O)[C@@H](CC(C)C)NC(=O)/C=C/c1ccc(Cl)cc1Cl. The van der Waals surface area contributed by atoms with E-state index in [9.17, 15) is 9.59 Å². The van der Waals surface area contributed by atoms with Gasteiger partial charge in [0.1, 0.15) is 6.04 Å². The Bertz CT molecular complexity index is 585. The fraction of sp³-hybridized carbons (Fsp3) is 0.412. The van der Waals surface area contributed by atoms with Crippen LogP contribution in [0.3, 0.4) is 0 Å². The summed E-state index contributed by atoms with van der Waals surface area (Å²) in [6.45, 7) is 5.96. The molecule has 0 saturated carbocycles. The average Bonchev–Trinajstić information content (AvgIpc) is 2.45. The zero-order chi connectivity index (χ0) is 17.4. The van der Waals surface area contributed by atoms with E-state index in [4.69, 9.17) is 27.9 Å². The van der Waals surface area contributed by atoms with Crippen molar-refractivity contribution < 1.29 is 14.3 Å². The number of hydrogen-bond donors (Lipinski definition) is 1. The summed E-state index contributed by atoms with van der Waals surface area (Å²) >= 11 is 11.9. The van der Waals surface area contributed by atoms with Gasteiger partial charge in [0.25, 0.3) is 0 Å². The van der Waals surface area contributed by atoms with Crippen LogP contribution in [0.25, 0.3) is 6.08 Å². The first-order valence-corrected chi connectivity index (χ1v) is 8.19. The van der Waals surface area contributed by atoms with E-state index in [2.05, 4.69) is 5.32 Å². The molecule has 126 valence electrons. The molecule has 0 aromatic heterocycles. The smallest absolute Gasteiger partial charge is 0.328 e. The predicted molar refractivity (Wildman–Crippen MR) is 93.5 cm³/mol. The molecule has 0 fully saturated rings. The lowest BCUT2D eigenvalue weighted by molar-refractivity contribution is -0.147. The van der Waals surface area contributed by atoms with Crippen LogP contribution in [0.1, 0.15) is 32.8 Å². The van der Waals surface area contributed by atoms with Crippen molar-refractivity contribution in [2.75, 3.05) is 6.61 Å². The number of amides is 1. The number of carbonyl (C=O) groups excluding carboxylic acids is 2. The minimum Gasteiger partial charge on any atom is -0.464 e. The Labute approximate surface area is 146 Å². The molecular weight excluding hydrogens is 337 g/mol. The molecule has 0 radical (unpaired) electrons. The second-order valence-corrected chi connectivity index (χ2v) is 6.29. The van der Waals surface area contributed by atoms with Crippen molar-refractivity contribution in [1.82, 2.24) is 5.32 Å². The van der Waals surface area contributed by atoms with E-state index < -0.39 is 12.0 Å². The van der Waals surface area contributed by atoms with Crippen LogP contribution in [-0.4, -0.2) is 24.5 Å². The zero-order valence-electron chi connectivity index (χ0n) is 13.4. The fourth-order valence-corrected chi connectivity index (χ4v) is 2.42. The van der Waals surface area contributed by atoms with Gasteiger partial charge in [0.05, 0.1) is 6.61 Å². The Morgan fingerprint density at radius 1 is 1.30 bits per heavy atom. The van der Waals surface area contributed by atoms with Crippen LogP contribution in [0.15, 0.2) is 24.3 Å². The fourth-order valence-electron chi connectivity index (χ4n) is 1.95. The summed E-state index contributed by atoms with van der Waals surface area (Å²) in [5.41, 5.74) is 0.669. The molecule has 0 heterocycles. The van der Waals surface area contributed by atoms with Crippen LogP contribution in [-0.2, 0) is 14.3 Å². The second kappa shape index (κ2) is 9.58. The standard InChI is InChI=1S/C17H21Cl2NO3/c1-4-23-17(22)15(9-11(2)3)20-16(21)8-6-12-5-7-13(18)10-14(12)19/h5-8,10-11,15H,4,9H2,1-3H3,(H,20,21)/b8-6+/t15-/m1/s1. The summed E-state index contributed by atoms with van der Waals surface area (Å²) < 4.78 is 4.99. The molecule has 0 aliphatic rings. The first kappa shape index (κ1) is 19.5. The molecule has 1 N–H and O–H groups in total. The lowest BCUT2D eigenvalue weighted by atomic mass is 10.0. The third kappa shape index (κ3) is 7.06. The highest BCUT2D eigenvalue weighted by atomic mass is 35.5. The Kier molecular flexibility index (Phi) is 8.13. The van der Waals surface area contributed by atoms with Crippen LogP contribution in [0.4, 0.5) is 0 Å². The van der Waals surface area contributed by atoms with Gasteiger partial charge in [-0.2, -0.15) is 0 Å². The normalized spacial score (nSPS) is 12.4. The molecule has 1 aromatic carbocycles. The molecule has 6 heteroatoms. The molecule has 0 unspecified atom stereocenters. The quantitative estimate of drug-likeness (QED) is 0.590. The third-order valence-corrected chi connectivity index (χ3v) is 3.53. The van der Waals surface area contributed by atoms with Gasteiger partial charge < -0.3 is 10.1 Å². The molecule has 0 aliphatic carbocycles. The minimum atomic E-state index is -0.659. The summed E-state index contributed by atoms with van der Waals surface area (Å²) in [5, 5.41) is 3.64. The molecule has 0 bridgehead atoms. The Balaban J connectivity index is 2.74. The molecule has 1 rings (SSSR count). The van der Waals surface area contributed by atoms with Crippen molar-refractivity contribution in [3.05, 3.63) is 39.9 Å². The molecule has 0 saturated heterocycles. The van der Waals surface area contributed by atoms with Gasteiger partial charge in [-0.05, 0) is 43.0 Å². The van der Waals surface area contributed by atoms with Crippen molar-refractivity contribution in [3.8, 4) is 0 Å². The van der Waals surface area contributed by atoms with Crippen molar-refractivity contribution >= 4 is 41.2 Å². The van der Waals surface area contributed by atoms with Crippen molar-refractivity contribution in [3.63, 3.8) is 0 Å². The molecule has 0 spiro atoms. The summed E-state index contributed by atoms with van der Waals surface area (Å²) in [6.07, 6.45) is 3.42. The number of esters is 1. The van der Waals surface area contributed by atoms with Crippen LogP contribution in [0.5, 0.6) is 0 Å². The lowest BCUT2D eigenvalue weighted by Crippen LogP contribution is -2.42. The van der Waals surface area contributed by atoms with Gasteiger partial charge in [0.15, 0.2) is 0 Å². The second-order valence-electron chi connectivity index (χ2n) is 5.44. The number of ether oxygens (including phenoxy) is 1. The summed E-state index contributed by atoms with van der Waals surface area (Å²) in [5.74, 6) is -0.554. The maximum Gasteiger partial charge on any atom is 0.328 e. The van der Waals surface area contributed by atoms with Gasteiger partial charge in [-0.1, -0.05) is 43.1 Å². The molecule has 23 heavy (non-hydrogen) atoms. The van der Waals surface area contributed by atoms with Crippen molar-refractivity contribution in [2.24, 2.45) is 5.92 Å². The monoisotopic (exact) mass is 357 g/mol. The van der Waals surface area contributed by atoms with E-state index in [0.717, 1.165) is 0 Å². The van der Waals surface area contributed by atoms with Crippen LogP contribution in [0.2, 0.25) is 10.0 Å². The Morgan fingerprint density at radius 3 is 2.57 bits per heavy atom. The van der Waals surface area contributed by atoms with Gasteiger partial charge in [0.2, 0.25) is 5.91 Å². The van der Waals surface area contributed by atoms with Crippen LogP contribution >= 0.6 is 23.2 Å². The van der Waals surface area contributed by atoms with E-state index in [1.54, 1.807) is 31.2 Å². The Morgan fingerprint density at radius 2 is 2.00 bits per heavy atom. The van der Waals surface area contributed by atoms with Gasteiger partial charge >= 0.3 is 5.97 Å². The number of rotatable bonds is 7. The van der Waals surface area contributed by atoms with Crippen LogP contribution < -0.4 is 5.32 Å². The van der Waals surface area contributed by atoms with E-state index in [1.807, 2.05) is 13.8 Å². The highest BCUT2D eigenvalue weighted by molar-refractivity contribution is 6.35. The van der Waals surface area contributed by atoms with E-state index >= 15 is 0 Å². The van der Waals surface area contributed by atoms with Gasteiger partial charge in [-0.15, -0.1) is 0 Å². The third-order valence-electron chi connectivity index (χ3n) is 2.97. The lowest BCUT2D eigenvalue weighted by Gasteiger charge is -2.18. The topological polar surface area (TPSA) is 55.4 Å². The van der Waals surface area contributed by atoms with E-state index in [1.165, 1.54) is 6.08 Å². The number of nitrogens with one attached hydrogen (secondary N) is 1. The zero-order valence-corrected chi connectivity index (χ0v) is 14.9.